The van der Waals surface area contributed by atoms with E-state index in [1.165, 1.54) is 18.6 Å². The first kappa shape index (κ1) is 10.8. The summed E-state index contributed by atoms with van der Waals surface area (Å²) in [6.07, 6.45) is 2.80. The van der Waals surface area contributed by atoms with Gasteiger partial charge in [0.15, 0.2) is 0 Å². The molecule has 2 rings (SSSR count). The summed E-state index contributed by atoms with van der Waals surface area (Å²) < 4.78 is 0. The van der Waals surface area contributed by atoms with Crippen molar-refractivity contribution in [3.05, 3.63) is 54.1 Å². The van der Waals surface area contributed by atoms with E-state index in [9.17, 15) is 4.79 Å². The summed E-state index contributed by atoms with van der Waals surface area (Å²) in [4.78, 5) is 19.3. The van der Waals surface area contributed by atoms with E-state index >= 15 is 0 Å². The molecule has 1 N–H and O–H groups in total. The van der Waals surface area contributed by atoms with Gasteiger partial charge in [0.25, 0.3) is 5.91 Å². The number of nitrogens with zero attached hydrogens (tertiary/aromatic N) is 3. The van der Waals surface area contributed by atoms with E-state index in [0.29, 0.717) is 11.3 Å². The maximum absolute atomic E-state index is 11.7. The van der Waals surface area contributed by atoms with Crippen LogP contribution in [0.15, 0.2) is 42.9 Å². The average Bonchev–Trinajstić information content (AvgIpc) is 2.40. The Morgan fingerprint density at radius 2 is 2.24 bits per heavy atom. The molecule has 1 aromatic heterocycles. The first-order valence-corrected chi connectivity index (χ1v) is 4.87. The summed E-state index contributed by atoms with van der Waals surface area (Å²) in [7, 11) is 0. The zero-order chi connectivity index (χ0) is 12.1. The highest BCUT2D eigenvalue weighted by Crippen LogP contribution is 2.10. The van der Waals surface area contributed by atoms with Gasteiger partial charge in [-0.05, 0) is 24.3 Å². The number of carbonyl (C=O) groups is 1. The van der Waals surface area contributed by atoms with E-state index in [1.807, 2.05) is 6.07 Å². The van der Waals surface area contributed by atoms with Crippen molar-refractivity contribution in [3.63, 3.8) is 0 Å². The molecular formula is C12H8N4O. The molecule has 0 unspecified atom stereocenters. The molecule has 0 fully saturated rings. The van der Waals surface area contributed by atoms with Gasteiger partial charge >= 0.3 is 0 Å². The topological polar surface area (TPSA) is 78.7 Å². The van der Waals surface area contributed by atoms with Gasteiger partial charge in [-0.1, -0.05) is 6.07 Å². The molecule has 2 aromatic rings. The first-order chi connectivity index (χ1) is 8.29. The highest BCUT2D eigenvalue weighted by Gasteiger charge is 2.06. The second-order valence-corrected chi connectivity index (χ2v) is 3.24. The normalized spacial score (nSPS) is 9.35. The second kappa shape index (κ2) is 4.86. The quantitative estimate of drug-likeness (QED) is 0.840. The van der Waals surface area contributed by atoms with Crippen molar-refractivity contribution in [1.29, 1.82) is 5.26 Å². The van der Waals surface area contributed by atoms with Crippen molar-refractivity contribution in [1.82, 2.24) is 9.97 Å². The Labute approximate surface area is 97.8 Å². The van der Waals surface area contributed by atoms with Crippen molar-refractivity contribution < 1.29 is 4.79 Å². The number of hydrogen-bond acceptors (Lipinski definition) is 4. The fourth-order valence-corrected chi connectivity index (χ4v) is 1.29. The van der Waals surface area contributed by atoms with Crippen LogP contribution in [0.25, 0.3) is 0 Å². The third kappa shape index (κ3) is 2.63. The van der Waals surface area contributed by atoms with Crippen LogP contribution in [-0.2, 0) is 0 Å². The van der Waals surface area contributed by atoms with Crippen LogP contribution >= 0.6 is 0 Å². The van der Waals surface area contributed by atoms with Crippen LogP contribution in [0.5, 0.6) is 0 Å². The van der Waals surface area contributed by atoms with E-state index in [-0.39, 0.29) is 11.6 Å². The van der Waals surface area contributed by atoms with Crippen molar-refractivity contribution >= 4 is 11.6 Å². The van der Waals surface area contributed by atoms with Gasteiger partial charge in [-0.25, -0.2) is 9.97 Å². The second-order valence-electron chi connectivity index (χ2n) is 3.24. The van der Waals surface area contributed by atoms with Crippen LogP contribution in [0.3, 0.4) is 0 Å². The molecule has 1 aromatic carbocycles. The third-order valence-electron chi connectivity index (χ3n) is 2.06. The number of nitriles is 1. The molecule has 0 radical (unpaired) electrons. The minimum atomic E-state index is -0.331. The SMILES string of the molecule is N#Cc1cccc(NC(=O)c2ccncn2)c1. The van der Waals surface area contributed by atoms with Gasteiger partial charge in [0, 0.05) is 11.9 Å². The number of carbonyl (C=O) groups excluding carboxylic acids is 1. The third-order valence-corrected chi connectivity index (χ3v) is 2.06. The molecule has 0 aliphatic carbocycles. The molecule has 0 saturated carbocycles. The van der Waals surface area contributed by atoms with Crippen LogP contribution in [-0.4, -0.2) is 15.9 Å². The van der Waals surface area contributed by atoms with E-state index in [4.69, 9.17) is 5.26 Å². The lowest BCUT2D eigenvalue weighted by molar-refractivity contribution is 0.102. The Balaban J connectivity index is 2.17. The molecule has 17 heavy (non-hydrogen) atoms. The fraction of sp³-hybridized carbons (Fsp3) is 0. The van der Waals surface area contributed by atoms with Crippen molar-refractivity contribution in [2.45, 2.75) is 0 Å². The molecule has 0 atom stereocenters. The van der Waals surface area contributed by atoms with E-state index in [2.05, 4.69) is 15.3 Å². The van der Waals surface area contributed by atoms with E-state index < -0.39 is 0 Å². The molecule has 0 aliphatic heterocycles. The number of rotatable bonds is 2. The number of aromatic nitrogens is 2. The van der Waals surface area contributed by atoms with Crippen LogP contribution in [0.4, 0.5) is 5.69 Å². The molecule has 0 saturated heterocycles. The van der Waals surface area contributed by atoms with Crippen molar-refractivity contribution in [3.8, 4) is 6.07 Å². The van der Waals surface area contributed by atoms with E-state index in [0.717, 1.165) is 0 Å². The Kier molecular flexibility index (Phi) is 3.08. The molecule has 0 aliphatic rings. The van der Waals surface area contributed by atoms with Crippen LogP contribution in [0.1, 0.15) is 16.1 Å². The largest absolute Gasteiger partial charge is 0.321 e. The number of benzene rings is 1. The fourth-order valence-electron chi connectivity index (χ4n) is 1.29. The molecule has 0 bridgehead atoms. The Bertz CT molecular complexity index is 575. The molecule has 1 heterocycles. The molecular weight excluding hydrogens is 216 g/mol. The molecule has 5 nitrogen and oxygen atoms in total. The van der Waals surface area contributed by atoms with Crippen LogP contribution in [0.2, 0.25) is 0 Å². The Morgan fingerprint density at radius 1 is 1.35 bits per heavy atom. The van der Waals surface area contributed by atoms with Crippen LogP contribution < -0.4 is 5.32 Å². The predicted octanol–water partition coefficient (Wildman–Crippen LogP) is 1.60. The van der Waals surface area contributed by atoms with Gasteiger partial charge in [0.2, 0.25) is 0 Å². The van der Waals surface area contributed by atoms with Gasteiger partial charge < -0.3 is 5.32 Å². The Hall–Kier alpha value is -2.74. The summed E-state index contributed by atoms with van der Waals surface area (Å²) >= 11 is 0. The first-order valence-electron chi connectivity index (χ1n) is 4.87. The van der Waals surface area contributed by atoms with Gasteiger partial charge in [-0.3, -0.25) is 4.79 Å². The minimum Gasteiger partial charge on any atom is -0.321 e. The van der Waals surface area contributed by atoms with Crippen LogP contribution in [0, 0.1) is 11.3 Å². The standard InChI is InChI=1S/C12H8N4O/c13-7-9-2-1-3-10(6-9)16-12(17)11-4-5-14-8-15-11/h1-6,8H,(H,16,17). The zero-order valence-electron chi connectivity index (χ0n) is 8.79. The highest BCUT2D eigenvalue weighted by molar-refractivity contribution is 6.02. The number of hydrogen-bond donors (Lipinski definition) is 1. The lowest BCUT2D eigenvalue weighted by Gasteiger charge is -2.04. The minimum absolute atomic E-state index is 0.280. The van der Waals surface area contributed by atoms with Gasteiger partial charge in [-0.2, -0.15) is 5.26 Å². The predicted molar refractivity (Wildman–Crippen MR) is 61.1 cm³/mol. The molecule has 5 heteroatoms. The summed E-state index contributed by atoms with van der Waals surface area (Å²) in [6.45, 7) is 0. The monoisotopic (exact) mass is 224 g/mol. The zero-order valence-corrected chi connectivity index (χ0v) is 8.79. The van der Waals surface area contributed by atoms with Crippen molar-refractivity contribution in [2.24, 2.45) is 0 Å². The summed E-state index contributed by atoms with van der Waals surface area (Å²) in [6, 6.07) is 10.2. The average molecular weight is 224 g/mol. The summed E-state index contributed by atoms with van der Waals surface area (Å²) in [5.74, 6) is -0.331. The number of amides is 1. The van der Waals surface area contributed by atoms with Crippen molar-refractivity contribution in [2.75, 3.05) is 5.32 Å². The maximum Gasteiger partial charge on any atom is 0.274 e. The highest BCUT2D eigenvalue weighted by atomic mass is 16.1. The van der Waals surface area contributed by atoms with E-state index in [1.54, 1.807) is 24.3 Å². The van der Waals surface area contributed by atoms with Gasteiger partial charge in [-0.15, -0.1) is 0 Å². The lowest BCUT2D eigenvalue weighted by Crippen LogP contribution is -2.13. The Morgan fingerprint density at radius 3 is 2.94 bits per heavy atom. The van der Waals surface area contributed by atoms with Gasteiger partial charge in [0.1, 0.15) is 12.0 Å². The molecule has 0 spiro atoms. The summed E-state index contributed by atoms with van der Waals surface area (Å²) in [5, 5.41) is 11.4. The van der Waals surface area contributed by atoms with Gasteiger partial charge in [0.05, 0.1) is 11.6 Å². The smallest absolute Gasteiger partial charge is 0.274 e. The number of anilines is 1. The lowest BCUT2D eigenvalue weighted by atomic mass is 10.2. The summed E-state index contributed by atoms with van der Waals surface area (Å²) in [5.41, 5.74) is 1.33. The maximum atomic E-state index is 11.7. The number of nitrogens with one attached hydrogen (secondary N) is 1. The molecule has 82 valence electrons. The molecule has 1 amide bonds.